The highest BCUT2D eigenvalue weighted by molar-refractivity contribution is 4.74. The molecular formula is C15H30. The molecular weight excluding hydrogens is 180 g/mol. The van der Waals surface area contributed by atoms with Gasteiger partial charge >= 0.3 is 0 Å². The lowest BCUT2D eigenvalue weighted by Crippen LogP contribution is -2.18. The predicted molar refractivity (Wildman–Crippen MR) is 69.0 cm³/mol. The van der Waals surface area contributed by atoms with Crippen LogP contribution in [-0.2, 0) is 0 Å². The van der Waals surface area contributed by atoms with Crippen molar-refractivity contribution in [1.82, 2.24) is 0 Å². The van der Waals surface area contributed by atoms with Crippen LogP contribution in [0.5, 0.6) is 0 Å². The second kappa shape index (κ2) is 7.30. The summed E-state index contributed by atoms with van der Waals surface area (Å²) < 4.78 is 0. The molecule has 0 heteroatoms. The number of unbranched alkanes of at least 4 members (excludes halogenated alkanes) is 1. The van der Waals surface area contributed by atoms with E-state index in [1.165, 1.54) is 57.8 Å². The summed E-state index contributed by atoms with van der Waals surface area (Å²) in [6, 6.07) is 0. The van der Waals surface area contributed by atoms with E-state index in [1.54, 1.807) is 0 Å². The maximum Gasteiger partial charge on any atom is -0.0386 e. The average molecular weight is 210 g/mol. The van der Waals surface area contributed by atoms with Crippen LogP contribution in [0.2, 0.25) is 0 Å². The Morgan fingerprint density at radius 3 is 2.40 bits per heavy atom. The van der Waals surface area contributed by atoms with Crippen LogP contribution >= 0.6 is 0 Å². The zero-order chi connectivity index (χ0) is 11.1. The van der Waals surface area contributed by atoms with Crippen LogP contribution in [0.25, 0.3) is 0 Å². The van der Waals surface area contributed by atoms with Gasteiger partial charge in [0, 0.05) is 0 Å². The topological polar surface area (TPSA) is 0 Å². The molecule has 1 fully saturated rings. The third-order valence-electron chi connectivity index (χ3n) is 4.42. The Labute approximate surface area is 96.8 Å². The zero-order valence-electron chi connectivity index (χ0n) is 11.1. The molecule has 0 nitrogen and oxygen atoms in total. The molecule has 3 atom stereocenters. The van der Waals surface area contributed by atoms with Crippen LogP contribution in [0.15, 0.2) is 0 Å². The van der Waals surface area contributed by atoms with Gasteiger partial charge in [0.2, 0.25) is 0 Å². The molecule has 1 aliphatic rings. The first-order valence-electron chi connectivity index (χ1n) is 7.27. The highest BCUT2D eigenvalue weighted by Gasteiger charge is 2.22. The summed E-state index contributed by atoms with van der Waals surface area (Å²) in [5.41, 5.74) is 0. The predicted octanol–water partition coefficient (Wildman–Crippen LogP) is 5.42. The maximum absolute atomic E-state index is 2.44. The van der Waals surface area contributed by atoms with E-state index in [-0.39, 0.29) is 0 Å². The Hall–Kier alpha value is 0. The van der Waals surface area contributed by atoms with Gasteiger partial charge in [-0.3, -0.25) is 0 Å². The summed E-state index contributed by atoms with van der Waals surface area (Å²) in [7, 11) is 0. The molecule has 0 aromatic carbocycles. The molecule has 1 saturated carbocycles. The summed E-state index contributed by atoms with van der Waals surface area (Å²) >= 11 is 0. The smallest absolute Gasteiger partial charge is 0.0386 e. The van der Waals surface area contributed by atoms with Crippen molar-refractivity contribution in [2.75, 3.05) is 0 Å². The molecule has 0 heterocycles. The van der Waals surface area contributed by atoms with E-state index in [9.17, 15) is 0 Å². The quantitative estimate of drug-likeness (QED) is 0.581. The fourth-order valence-electron chi connectivity index (χ4n) is 3.23. The average Bonchev–Trinajstić information content (AvgIpc) is 2.22. The molecule has 0 spiro atoms. The third-order valence-corrected chi connectivity index (χ3v) is 4.42. The van der Waals surface area contributed by atoms with Gasteiger partial charge in [-0.1, -0.05) is 72.1 Å². The van der Waals surface area contributed by atoms with Crippen LogP contribution < -0.4 is 0 Å². The van der Waals surface area contributed by atoms with Crippen LogP contribution in [0.1, 0.15) is 78.6 Å². The van der Waals surface area contributed by atoms with E-state index >= 15 is 0 Å². The normalized spacial score (nSPS) is 33.4. The number of hydrogen-bond acceptors (Lipinski definition) is 0. The maximum atomic E-state index is 2.44. The van der Waals surface area contributed by atoms with Crippen molar-refractivity contribution >= 4 is 0 Å². The fraction of sp³-hybridized carbons (Fsp3) is 1.00. The van der Waals surface area contributed by atoms with Gasteiger partial charge in [0.05, 0.1) is 0 Å². The van der Waals surface area contributed by atoms with Gasteiger partial charge in [-0.05, 0) is 24.2 Å². The molecule has 0 aromatic heterocycles. The zero-order valence-corrected chi connectivity index (χ0v) is 11.1. The minimum absolute atomic E-state index is 0.992. The van der Waals surface area contributed by atoms with Crippen molar-refractivity contribution < 1.29 is 0 Å². The highest BCUT2D eigenvalue weighted by Crippen LogP contribution is 2.35. The minimum Gasteiger partial charge on any atom is -0.0654 e. The van der Waals surface area contributed by atoms with Crippen LogP contribution in [0.3, 0.4) is 0 Å². The molecule has 0 bridgehead atoms. The summed E-state index contributed by atoms with van der Waals surface area (Å²) in [6.45, 7) is 7.17. The van der Waals surface area contributed by atoms with E-state index in [0.29, 0.717) is 0 Å². The Morgan fingerprint density at radius 2 is 1.73 bits per heavy atom. The fourth-order valence-corrected chi connectivity index (χ4v) is 3.23. The first-order chi connectivity index (χ1) is 7.27. The lowest BCUT2D eigenvalue weighted by Gasteiger charge is -2.30. The highest BCUT2D eigenvalue weighted by atomic mass is 14.3. The lowest BCUT2D eigenvalue weighted by molar-refractivity contribution is 0.215. The molecule has 0 N–H and O–H groups in total. The van der Waals surface area contributed by atoms with Crippen molar-refractivity contribution in [2.45, 2.75) is 78.6 Å². The van der Waals surface area contributed by atoms with Gasteiger partial charge in [-0.2, -0.15) is 0 Å². The van der Waals surface area contributed by atoms with Gasteiger partial charge in [-0.15, -0.1) is 0 Å². The van der Waals surface area contributed by atoms with Crippen molar-refractivity contribution in [3.8, 4) is 0 Å². The molecule has 0 saturated heterocycles. The monoisotopic (exact) mass is 210 g/mol. The third kappa shape index (κ3) is 4.57. The van der Waals surface area contributed by atoms with Crippen molar-refractivity contribution in [3.63, 3.8) is 0 Å². The number of hydrogen-bond donors (Lipinski definition) is 0. The molecule has 3 unspecified atom stereocenters. The second-order valence-corrected chi connectivity index (χ2v) is 5.68. The van der Waals surface area contributed by atoms with Crippen molar-refractivity contribution in [2.24, 2.45) is 17.8 Å². The molecule has 0 aliphatic heterocycles. The molecule has 15 heavy (non-hydrogen) atoms. The van der Waals surface area contributed by atoms with Gasteiger partial charge in [0.25, 0.3) is 0 Å². The van der Waals surface area contributed by atoms with Gasteiger partial charge < -0.3 is 0 Å². The summed E-state index contributed by atoms with van der Waals surface area (Å²) in [4.78, 5) is 0. The van der Waals surface area contributed by atoms with Gasteiger partial charge in [0.15, 0.2) is 0 Å². The molecule has 90 valence electrons. The van der Waals surface area contributed by atoms with E-state index in [2.05, 4.69) is 20.8 Å². The lowest BCUT2D eigenvalue weighted by atomic mass is 9.76. The number of rotatable bonds is 4. The first kappa shape index (κ1) is 13.1. The molecule has 0 amide bonds. The van der Waals surface area contributed by atoms with Crippen molar-refractivity contribution in [1.29, 1.82) is 0 Å². The molecule has 0 radical (unpaired) electrons. The summed E-state index contributed by atoms with van der Waals surface area (Å²) in [5.74, 6) is 3.09. The Bertz CT molecular complexity index is 150. The Morgan fingerprint density at radius 1 is 0.933 bits per heavy atom. The van der Waals surface area contributed by atoms with Gasteiger partial charge in [-0.25, -0.2) is 0 Å². The molecule has 1 aliphatic carbocycles. The van der Waals surface area contributed by atoms with Crippen LogP contribution in [0.4, 0.5) is 0 Å². The van der Waals surface area contributed by atoms with E-state index in [1.807, 2.05) is 0 Å². The van der Waals surface area contributed by atoms with E-state index in [0.717, 1.165) is 17.8 Å². The van der Waals surface area contributed by atoms with E-state index in [4.69, 9.17) is 0 Å². The van der Waals surface area contributed by atoms with E-state index < -0.39 is 0 Å². The molecule has 0 aromatic rings. The van der Waals surface area contributed by atoms with Crippen LogP contribution in [-0.4, -0.2) is 0 Å². The second-order valence-electron chi connectivity index (χ2n) is 5.68. The first-order valence-corrected chi connectivity index (χ1v) is 7.27. The summed E-state index contributed by atoms with van der Waals surface area (Å²) in [5, 5.41) is 0. The largest absolute Gasteiger partial charge is 0.0654 e. The Kier molecular flexibility index (Phi) is 6.36. The van der Waals surface area contributed by atoms with Gasteiger partial charge in [0.1, 0.15) is 0 Å². The van der Waals surface area contributed by atoms with Crippen molar-refractivity contribution in [3.05, 3.63) is 0 Å². The molecule has 1 rings (SSSR count). The minimum atomic E-state index is 0.992. The SMILES string of the molecule is CCCCC1CCCC(C)CCC1CC. The summed E-state index contributed by atoms with van der Waals surface area (Å²) in [6.07, 6.45) is 13.2. The standard InChI is InChI=1S/C15H30/c1-4-6-9-15-10-7-8-13(3)11-12-14(15)5-2/h13-15H,4-12H2,1-3H3. The Balaban J connectivity index is 2.42. The van der Waals surface area contributed by atoms with Crippen LogP contribution in [0, 0.1) is 17.8 Å².